The minimum absolute atomic E-state index is 0.143. The van der Waals surface area contributed by atoms with E-state index in [4.69, 9.17) is 0 Å². The predicted molar refractivity (Wildman–Crippen MR) is 62.5 cm³/mol. The molecule has 0 bridgehead atoms. The maximum Gasteiger partial charge on any atom is 0.352 e. The summed E-state index contributed by atoms with van der Waals surface area (Å²) >= 11 is 0. The van der Waals surface area contributed by atoms with Crippen molar-refractivity contribution in [3.63, 3.8) is 0 Å². The van der Waals surface area contributed by atoms with Crippen LogP contribution in [0.1, 0.15) is 34.1 Å². The molecular weight excluding hydrogens is 222 g/mol. The van der Waals surface area contributed by atoms with Gasteiger partial charge in [-0.3, -0.25) is 4.79 Å². The van der Waals surface area contributed by atoms with Crippen molar-refractivity contribution in [2.75, 3.05) is 6.54 Å². The Labute approximate surface area is 101 Å². The van der Waals surface area contributed by atoms with Gasteiger partial charge in [-0.25, -0.2) is 4.79 Å². The molecule has 2 unspecified atom stereocenters. The fourth-order valence-electron chi connectivity index (χ4n) is 2.88. The zero-order chi connectivity index (χ0) is 13.4. The van der Waals surface area contributed by atoms with Crippen LogP contribution in [-0.4, -0.2) is 39.1 Å². The summed E-state index contributed by atoms with van der Waals surface area (Å²) in [5.74, 6) is -2.76. The molecule has 2 N–H and O–H groups in total. The molecule has 0 amide bonds. The summed E-state index contributed by atoms with van der Waals surface area (Å²) in [6.07, 6.45) is 0.589. The Hall–Kier alpha value is -1.52. The Kier molecular flexibility index (Phi) is 3.50. The van der Waals surface area contributed by atoms with Crippen molar-refractivity contribution in [2.45, 2.75) is 39.7 Å². The van der Waals surface area contributed by atoms with E-state index in [0.29, 0.717) is 18.5 Å². The molecule has 17 heavy (non-hydrogen) atoms. The molecule has 0 spiro atoms. The number of carboxylic acid groups (broad SMARTS) is 2. The summed E-state index contributed by atoms with van der Waals surface area (Å²) in [4.78, 5) is 24.3. The van der Waals surface area contributed by atoms with Crippen LogP contribution < -0.4 is 0 Å². The van der Waals surface area contributed by atoms with Gasteiger partial charge in [0.1, 0.15) is 11.6 Å². The lowest BCUT2D eigenvalue weighted by atomic mass is 9.81. The van der Waals surface area contributed by atoms with E-state index < -0.39 is 23.4 Å². The Morgan fingerprint density at radius 2 is 1.88 bits per heavy atom. The summed E-state index contributed by atoms with van der Waals surface area (Å²) in [7, 11) is 0. The summed E-state index contributed by atoms with van der Waals surface area (Å²) in [6.45, 7) is 7.64. The second-order valence-corrected chi connectivity index (χ2v) is 4.56. The summed E-state index contributed by atoms with van der Waals surface area (Å²) in [5, 5.41) is 18.5. The Morgan fingerprint density at radius 3 is 2.18 bits per heavy atom. The lowest BCUT2D eigenvalue weighted by molar-refractivity contribution is -0.144. The van der Waals surface area contributed by atoms with E-state index in [-0.39, 0.29) is 5.70 Å². The van der Waals surface area contributed by atoms with Crippen molar-refractivity contribution in [1.82, 2.24) is 4.90 Å². The number of hydrogen-bond acceptors (Lipinski definition) is 3. The first-order valence-electron chi connectivity index (χ1n) is 5.75. The van der Waals surface area contributed by atoms with Gasteiger partial charge >= 0.3 is 11.9 Å². The first-order valence-corrected chi connectivity index (χ1v) is 5.75. The van der Waals surface area contributed by atoms with E-state index in [2.05, 4.69) is 0 Å². The molecule has 0 saturated heterocycles. The predicted octanol–water partition coefficient (Wildman–Crippen LogP) is 1.55. The maximum absolute atomic E-state index is 11.4. The highest BCUT2D eigenvalue weighted by molar-refractivity contribution is 5.91. The molecule has 5 heteroatoms. The van der Waals surface area contributed by atoms with E-state index in [1.807, 2.05) is 20.8 Å². The molecule has 0 aromatic rings. The monoisotopic (exact) mass is 241 g/mol. The standard InChI is InChI=1S/C12H19NO4/c1-5-12(4)8(10(14)15)7(3)9(11(16)17)13(12)6-2/h8H,5-6H2,1-4H3,(H,14,15)(H,16,17). The van der Waals surface area contributed by atoms with Gasteiger partial charge in [0, 0.05) is 6.54 Å². The third kappa shape index (κ3) is 1.79. The van der Waals surface area contributed by atoms with E-state index in [1.165, 1.54) is 0 Å². The number of aliphatic carboxylic acids is 2. The number of likely N-dealkylation sites (N-methyl/N-ethyl adjacent to an activating group) is 1. The molecule has 2 atom stereocenters. The third-order valence-electron chi connectivity index (χ3n) is 3.80. The van der Waals surface area contributed by atoms with E-state index in [1.54, 1.807) is 11.8 Å². The van der Waals surface area contributed by atoms with E-state index in [9.17, 15) is 19.8 Å². The Morgan fingerprint density at radius 1 is 1.35 bits per heavy atom. The van der Waals surface area contributed by atoms with Crippen molar-refractivity contribution >= 4 is 11.9 Å². The molecule has 0 aliphatic carbocycles. The van der Waals surface area contributed by atoms with Crippen molar-refractivity contribution < 1.29 is 19.8 Å². The van der Waals surface area contributed by atoms with Crippen LogP contribution in [0.25, 0.3) is 0 Å². The molecular formula is C12H19NO4. The summed E-state index contributed by atoms with van der Waals surface area (Å²) in [6, 6.07) is 0. The molecule has 0 radical (unpaired) electrons. The first-order chi connectivity index (χ1) is 7.81. The Balaban J connectivity index is 3.39. The molecule has 0 fully saturated rings. The molecule has 1 aliphatic rings. The number of carbonyl (C=O) groups is 2. The topological polar surface area (TPSA) is 77.8 Å². The van der Waals surface area contributed by atoms with Crippen LogP contribution in [0, 0.1) is 5.92 Å². The normalized spacial score (nSPS) is 28.7. The zero-order valence-electron chi connectivity index (χ0n) is 10.6. The average molecular weight is 241 g/mol. The minimum atomic E-state index is -1.05. The van der Waals surface area contributed by atoms with Gasteiger partial charge in [0.25, 0.3) is 0 Å². The zero-order valence-corrected chi connectivity index (χ0v) is 10.6. The van der Waals surface area contributed by atoms with Crippen molar-refractivity contribution in [3.05, 3.63) is 11.3 Å². The Bertz CT molecular complexity index is 388. The summed E-state index contributed by atoms with van der Waals surface area (Å²) in [5.41, 5.74) is -0.0706. The molecule has 0 aromatic carbocycles. The summed E-state index contributed by atoms with van der Waals surface area (Å²) < 4.78 is 0. The molecule has 1 aliphatic heterocycles. The lowest BCUT2D eigenvalue weighted by Crippen LogP contribution is -2.49. The molecule has 0 saturated carbocycles. The smallest absolute Gasteiger partial charge is 0.352 e. The molecule has 1 heterocycles. The van der Waals surface area contributed by atoms with Crippen LogP contribution in [-0.2, 0) is 9.59 Å². The SMILES string of the molecule is CCN1C(C(=O)O)=C(C)C(C(=O)O)C1(C)CC. The van der Waals surface area contributed by atoms with Gasteiger partial charge < -0.3 is 15.1 Å². The largest absolute Gasteiger partial charge is 0.481 e. The average Bonchev–Trinajstić information content (AvgIpc) is 2.46. The van der Waals surface area contributed by atoms with Crippen LogP contribution in [0.2, 0.25) is 0 Å². The fourth-order valence-corrected chi connectivity index (χ4v) is 2.88. The van der Waals surface area contributed by atoms with E-state index >= 15 is 0 Å². The maximum atomic E-state index is 11.4. The van der Waals surface area contributed by atoms with Gasteiger partial charge in [-0.15, -0.1) is 0 Å². The van der Waals surface area contributed by atoms with Gasteiger partial charge in [-0.1, -0.05) is 6.92 Å². The number of nitrogens with zero attached hydrogens (tertiary/aromatic N) is 1. The highest BCUT2D eigenvalue weighted by Gasteiger charge is 2.51. The molecule has 1 rings (SSSR count). The van der Waals surface area contributed by atoms with Gasteiger partial charge in [-0.05, 0) is 32.8 Å². The lowest BCUT2D eigenvalue weighted by Gasteiger charge is -2.39. The number of rotatable bonds is 4. The van der Waals surface area contributed by atoms with Gasteiger partial charge in [0.05, 0.1) is 5.54 Å². The molecule has 5 nitrogen and oxygen atoms in total. The van der Waals surface area contributed by atoms with Gasteiger partial charge in [-0.2, -0.15) is 0 Å². The van der Waals surface area contributed by atoms with Gasteiger partial charge in [0.15, 0.2) is 0 Å². The van der Waals surface area contributed by atoms with Crippen molar-refractivity contribution in [1.29, 1.82) is 0 Å². The number of carboxylic acids is 2. The van der Waals surface area contributed by atoms with Gasteiger partial charge in [0.2, 0.25) is 0 Å². The molecule has 96 valence electrons. The van der Waals surface area contributed by atoms with E-state index in [0.717, 1.165) is 0 Å². The number of hydrogen-bond donors (Lipinski definition) is 2. The highest BCUT2D eigenvalue weighted by Crippen LogP contribution is 2.44. The van der Waals surface area contributed by atoms with Crippen LogP contribution in [0.5, 0.6) is 0 Å². The van der Waals surface area contributed by atoms with Crippen LogP contribution >= 0.6 is 0 Å². The van der Waals surface area contributed by atoms with Crippen LogP contribution in [0.4, 0.5) is 0 Å². The fraction of sp³-hybridized carbons (Fsp3) is 0.667. The second kappa shape index (κ2) is 4.39. The minimum Gasteiger partial charge on any atom is -0.481 e. The first kappa shape index (κ1) is 13.5. The highest BCUT2D eigenvalue weighted by atomic mass is 16.4. The van der Waals surface area contributed by atoms with Crippen LogP contribution in [0.3, 0.4) is 0 Å². The van der Waals surface area contributed by atoms with Crippen molar-refractivity contribution in [2.24, 2.45) is 5.92 Å². The van der Waals surface area contributed by atoms with Crippen LogP contribution in [0.15, 0.2) is 11.3 Å². The quantitative estimate of drug-likeness (QED) is 0.780. The van der Waals surface area contributed by atoms with Crippen molar-refractivity contribution in [3.8, 4) is 0 Å². The second-order valence-electron chi connectivity index (χ2n) is 4.56. The molecule has 0 aromatic heterocycles. The third-order valence-corrected chi connectivity index (χ3v) is 3.80.